The minimum absolute atomic E-state index is 0.124. The second-order valence-corrected chi connectivity index (χ2v) is 7.75. The van der Waals surface area contributed by atoms with Gasteiger partial charge in [0.15, 0.2) is 0 Å². The SMILES string of the molecule is CCOc1ccccc1N1CCN(C(=O)c2ccc(Br)s2)CC1. The van der Waals surface area contributed by atoms with Gasteiger partial charge in [0.2, 0.25) is 0 Å². The van der Waals surface area contributed by atoms with Gasteiger partial charge in [-0.3, -0.25) is 4.79 Å². The van der Waals surface area contributed by atoms with Gasteiger partial charge < -0.3 is 14.5 Å². The minimum Gasteiger partial charge on any atom is -0.492 e. The average molecular weight is 395 g/mol. The Kier molecular flexibility index (Phi) is 5.23. The van der Waals surface area contributed by atoms with Crippen LogP contribution in [0.2, 0.25) is 0 Å². The van der Waals surface area contributed by atoms with Crippen molar-refractivity contribution in [3.05, 3.63) is 45.1 Å². The summed E-state index contributed by atoms with van der Waals surface area (Å²) in [6.45, 7) is 5.75. The molecule has 1 fully saturated rings. The van der Waals surface area contributed by atoms with Gasteiger partial charge in [-0.1, -0.05) is 12.1 Å². The molecule has 1 aromatic heterocycles. The van der Waals surface area contributed by atoms with Crippen LogP contribution in [0.5, 0.6) is 5.75 Å². The molecule has 0 atom stereocenters. The van der Waals surface area contributed by atoms with Gasteiger partial charge in [0.1, 0.15) is 5.75 Å². The molecule has 0 aliphatic carbocycles. The van der Waals surface area contributed by atoms with Crippen molar-refractivity contribution in [1.29, 1.82) is 0 Å². The third-order valence-electron chi connectivity index (χ3n) is 3.86. The van der Waals surface area contributed by atoms with Crippen LogP contribution in [0.1, 0.15) is 16.6 Å². The van der Waals surface area contributed by atoms with Gasteiger partial charge in [-0.2, -0.15) is 0 Å². The number of amides is 1. The summed E-state index contributed by atoms with van der Waals surface area (Å²) in [7, 11) is 0. The van der Waals surface area contributed by atoms with Crippen molar-refractivity contribution >= 4 is 38.9 Å². The predicted octanol–water partition coefficient (Wildman–Crippen LogP) is 3.87. The standard InChI is InChI=1S/C17H19BrN2O2S/c1-2-22-14-6-4-3-5-13(14)19-9-11-20(12-10-19)17(21)15-7-8-16(18)23-15/h3-8H,2,9-12H2,1H3. The maximum absolute atomic E-state index is 12.5. The highest BCUT2D eigenvalue weighted by atomic mass is 79.9. The number of para-hydroxylation sites is 2. The van der Waals surface area contributed by atoms with Crippen molar-refractivity contribution in [2.24, 2.45) is 0 Å². The second-order valence-electron chi connectivity index (χ2n) is 5.28. The molecule has 1 aromatic carbocycles. The molecule has 0 N–H and O–H groups in total. The van der Waals surface area contributed by atoms with Crippen LogP contribution in [0.3, 0.4) is 0 Å². The lowest BCUT2D eigenvalue weighted by Gasteiger charge is -2.36. The summed E-state index contributed by atoms with van der Waals surface area (Å²) in [5, 5.41) is 0. The largest absolute Gasteiger partial charge is 0.492 e. The van der Waals surface area contributed by atoms with E-state index in [0.717, 1.165) is 46.3 Å². The van der Waals surface area contributed by atoms with E-state index >= 15 is 0 Å². The number of hydrogen-bond donors (Lipinski definition) is 0. The summed E-state index contributed by atoms with van der Waals surface area (Å²) in [6, 6.07) is 11.9. The fraction of sp³-hybridized carbons (Fsp3) is 0.353. The number of carbonyl (C=O) groups excluding carboxylic acids is 1. The molecule has 0 radical (unpaired) electrons. The second kappa shape index (κ2) is 7.36. The molecule has 4 nitrogen and oxygen atoms in total. The summed E-state index contributed by atoms with van der Waals surface area (Å²) in [5.74, 6) is 1.04. The number of halogens is 1. The maximum Gasteiger partial charge on any atom is 0.264 e. The first-order valence-electron chi connectivity index (χ1n) is 7.70. The zero-order chi connectivity index (χ0) is 16.2. The molecule has 1 amide bonds. The number of benzene rings is 1. The predicted molar refractivity (Wildman–Crippen MR) is 97.7 cm³/mol. The maximum atomic E-state index is 12.5. The van der Waals surface area contributed by atoms with E-state index in [2.05, 4.69) is 26.9 Å². The molecule has 0 bridgehead atoms. The topological polar surface area (TPSA) is 32.8 Å². The van der Waals surface area contributed by atoms with E-state index in [1.165, 1.54) is 11.3 Å². The Morgan fingerprint density at radius 1 is 1.17 bits per heavy atom. The molecule has 23 heavy (non-hydrogen) atoms. The first-order valence-corrected chi connectivity index (χ1v) is 9.31. The van der Waals surface area contributed by atoms with E-state index in [9.17, 15) is 4.79 Å². The van der Waals surface area contributed by atoms with E-state index in [1.54, 1.807) is 0 Å². The Morgan fingerprint density at radius 3 is 2.57 bits per heavy atom. The van der Waals surface area contributed by atoms with Gasteiger partial charge in [0.25, 0.3) is 5.91 Å². The Bertz CT molecular complexity index is 681. The molecule has 122 valence electrons. The molecule has 6 heteroatoms. The van der Waals surface area contributed by atoms with Gasteiger partial charge in [-0.05, 0) is 47.1 Å². The smallest absolute Gasteiger partial charge is 0.264 e. The molecular weight excluding hydrogens is 376 g/mol. The number of piperazine rings is 1. The molecule has 3 rings (SSSR count). The summed E-state index contributed by atoms with van der Waals surface area (Å²) in [6.07, 6.45) is 0. The summed E-state index contributed by atoms with van der Waals surface area (Å²) < 4.78 is 6.70. The number of rotatable bonds is 4. The molecule has 1 aliphatic heterocycles. The van der Waals surface area contributed by atoms with Crippen molar-refractivity contribution in [2.45, 2.75) is 6.92 Å². The van der Waals surface area contributed by atoms with Crippen LogP contribution in [0.25, 0.3) is 0 Å². The number of nitrogens with zero attached hydrogens (tertiary/aromatic N) is 2. The molecular formula is C17H19BrN2O2S. The molecule has 1 aliphatic rings. The molecule has 1 saturated heterocycles. The normalized spacial score (nSPS) is 14.9. The minimum atomic E-state index is 0.124. The number of hydrogen-bond acceptors (Lipinski definition) is 4. The summed E-state index contributed by atoms with van der Waals surface area (Å²) in [5.41, 5.74) is 1.11. The van der Waals surface area contributed by atoms with Gasteiger partial charge in [-0.15, -0.1) is 11.3 Å². The van der Waals surface area contributed by atoms with E-state index in [0.29, 0.717) is 6.61 Å². The van der Waals surface area contributed by atoms with Gasteiger partial charge in [0, 0.05) is 26.2 Å². The van der Waals surface area contributed by atoms with Crippen molar-refractivity contribution in [2.75, 3.05) is 37.7 Å². The molecule has 0 spiro atoms. The Balaban J connectivity index is 1.66. The highest BCUT2D eigenvalue weighted by Crippen LogP contribution is 2.29. The zero-order valence-electron chi connectivity index (χ0n) is 13.0. The van der Waals surface area contributed by atoms with Crippen LogP contribution in [-0.2, 0) is 0 Å². The highest BCUT2D eigenvalue weighted by Gasteiger charge is 2.24. The van der Waals surface area contributed by atoms with Crippen LogP contribution in [0.4, 0.5) is 5.69 Å². The van der Waals surface area contributed by atoms with Crippen molar-refractivity contribution < 1.29 is 9.53 Å². The van der Waals surface area contributed by atoms with Crippen LogP contribution in [0, 0.1) is 0 Å². The molecule has 2 heterocycles. The lowest BCUT2D eigenvalue weighted by molar-refractivity contribution is 0.0751. The number of carbonyl (C=O) groups is 1. The third kappa shape index (κ3) is 3.70. The van der Waals surface area contributed by atoms with E-state index in [4.69, 9.17) is 4.74 Å². The Labute approximate surface area is 148 Å². The third-order valence-corrected chi connectivity index (χ3v) is 5.47. The first-order chi connectivity index (χ1) is 11.2. The van der Waals surface area contributed by atoms with Crippen molar-refractivity contribution in [1.82, 2.24) is 4.90 Å². The number of ether oxygens (including phenoxy) is 1. The first kappa shape index (κ1) is 16.3. The highest BCUT2D eigenvalue weighted by molar-refractivity contribution is 9.11. The monoisotopic (exact) mass is 394 g/mol. The zero-order valence-corrected chi connectivity index (χ0v) is 15.4. The van der Waals surface area contributed by atoms with Gasteiger partial charge in [-0.25, -0.2) is 0 Å². The van der Waals surface area contributed by atoms with Crippen LogP contribution >= 0.6 is 27.3 Å². The Morgan fingerprint density at radius 2 is 1.91 bits per heavy atom. The van der Waals surface area contributed by atoms with Crippen molar-refractivity contribution in [3.63, 3.8) is 0 Å². The van der Waals surface area contributed by atoms with Crippen LogP contribution in [-0.4, -0.2) is 43.6 Å². The summed E-state index contributed by atoms with van der Waals surface area (Å²) >= 11 is 4.90. The van der Waals surface area contributed by atoms with Crippen molar-refractivity contribution in [3.8, 4) is 5.75 Å². The van der Waals surface area contributed by atoms with Crippen LogP contribution in [0.15, 0.2) is 40.2 Å². The fourth-order valence-corrected chi connectivity index (χ4v) is 4.09. The van der Waals surface area contributed by atoms with E-state index in [1.807, 2.05) is 42.2 Å². The summed E-state index contributed by atoms with van der Waals surface area (Å²) in [4.78, 5) is 17.5. The molecule has 0 unspecified atom stereocenters. The van der Waals surface area contributed by atoms with E-state index < -0.39 is 0 Å². The fourth-order valence-electron chi connectivity index (χ4n) is 2.73. The number of anilines is 1. The quantitative estimate of drug-likeness (QED) is 0.788. The lowest BCUT2D eigenvalue weighted by Crippen LogP contribution is -2.48. The van der Waals surface area contributed by atoms with Gasteiger partial charge >= 0.3 is 0 Å². The van der Waals surface area contributed by atoms with E-state index in [-0.39, 0.29) is 5.91 Å². The molecule has 0 saturated carbocycles. The van der Waals surface area contributed by atoms with Gasteiger partial charge in [0.05, 0.1) is 21.0 Å². The average Bonchev–Trinajstić information content (AvgIpc) is 3.02. The Hall–Kier alpha value is -1.53. The van der Waals surface area contributed by atoms with Crippen LogP contribution < -0.4 is 9.64 Å². The molecule has 2 aromatic rings. The number of thiophene rings is 1. The lowest BCUT2D eigenvalue weighted by atomic mass is 10.2.